The van der Waals surface area contributed by atoms with Gasteiger partial charge in [0, 0.05) is 10.3 Å². The first-order valence-electron chi connectivity index (χ1n) is 6.30. The minimum atomic E-state index is -1.52. The summed E-state index contributed by atoms with van der Waals surface area (Å²) in [4.78, 5) is 1.27. The number of thioether (sulfide) groups is 1. The molecule has 18 heavy (non-hydrogen) atoms. The molecule has 1 aromatic carbocycles. The van der Waals surface area contributed by atoms with Gasteiger partial charge in [0.2, 0.25) is 8.32 Å². The predicted molar refractivity (Wildman–Crippen MR) is 88.2 cm³/mol. The van der Waals surface area contributed by atoms with Gasteiger partial charge in [0.05, 0.1) is 5.38 Å². The minimum Gasteiger partial charge on any atom is -0.551 e. The number of benzene rings is 1. The van der Waals surface area contributed by atoms with E-state index < -0.39 is 16.4 Å². The molecule has 1 nitrogen and oxygen atoms in total. The highest BCUT2D eigenvalue weighted by molar-refractivity contribution is 8.02. The van der Waals surface area contributed by atoms with Gasteiger partial charge >= 0.3 is 0 Å². The van der Waals surface area contributed by atoms with Crippen LogP contribution in [0.4, 0.5) is 0 Å². The number of hydrogen-bond donors (Lipinski definition) is 0. The summed E-state index contributed by atoms with van der Waals surface area (Å²) in [6.45, 7) is 13.7. The lowest BCUT2D eigenvalue weighted by atomic mass is 10.4. The molecule has 1 aromatic rings. The Morgan fingerprint density at radius 2 is 1.56 bits per heavy atom. The van der Waals surface area contributed by atoms with Crippen LogP contribution in [-0.4, -0.2) is 16.4 Å². The van der Waals surface area contributed by atoms with Crippen LogP contribution >= 0.6 is 11.8 Å². The van der Waals surface area contributed by atoms with Crippen molar-refractivity contribution < 1.29 is 4.43 Å². The second-order valence-corrected chi connectivity index (χ2v) is 16.7. The molecule has 0 amide bonds. The highest BCUT2D eigenvalue weighted by Gasteiger charge is 2.27. The van der Waals surface area contributed by atoms with E-state index in [0.29, 0.717) is 0 Å². The molecular weight excluding hydrogens is 272 g/mol. The van der Waals surface area contributed by atoms with Gasteiger partial charge in [-0.3, -0.25) is 0 Å². The van der Waals surface area contributed by atoms with E-state index in [-0.39, 0.29) is 0 Å². The van der Waals surface area contributed by atoms with E-state index in [4.69, 9.17) is 4.43 Å². The molecule has 100 valence electrons. The Bertz CT molecular complexity index is 402. The molecule has 0 aromatic heterocycles. The molecule has 0 unspecified atom stereocenters. The minimum absolute atomic E-state index is 1.23. The van der Waals surface area contributed by atoms with Gasteiger partial charge in [0.25, 0.3) is 0 Å². The largest absolute Gasteiger partial charge is 0.551 e. The van der Waals surface area contributed by atoms with E-state index in [2.05, 4.69) is 69.0 Å². The molecule has 0 saturated carbocycles. The zero-order chi connectivity index (χ0) is 13.8. The Hall–Kier alpha value is -0.456. The van der Waals surface area contributed by atoms with Gasteiger partial charge < -0.3 is 4.43 Å². The summed E-state index contributed by atoms with van der Waals surface area (Å²) in [6, 6.07) is 10.5. The van der Waals surface area contributed by atoms with E-state index in [1.54, 1.807) is 11.8 Å². The van der Waals surface area contributed by atoms with Gasteiger partial charge in [0.1, 0.15) is 8.07 Å². The maximum atomic E-state index is 6.26. The Kier molecular flexibility index (Phi) is 5.31. The van der Waals surface area contributed by atoms with E-state index >= 15 is 0 Å². The molecule has 0 aliphatic rings. The summed E-state index contributed by atoms with van der Waals surface area (Å²) in [5, 5.41) is 3.45. The van der Waals surface area contributed by atoms with Crippen LogP contribution in [0.1, 0.15) is 0 Å². The van der Waals surface area contributed by atoms with Crippen molar-refractivity contribution in [3.05, 3.63) is 41.1 Å². The van der Waals surface area contributed by atoms with E-state index in [0.717, 1.165) is 0 Å². The molecule has 4 heteroatoms. The van der Waals surface area contributed by atoms with Crippen LogP contribution in [0, 0.1) is 0 Å². The third-order valence-electron chi connectivity index (χ3n) is 2.20. The van der Waals surface area contributed by atoms with Crippen molar-refractivity contribution in [1.29, 1.82) is 0 Å². The normalized spacial score (nSPS) is 13.6. The number of rotatable bonds is 5. The molecular formula is C14H24OSSi2. The lowest BCUT2D eigenvalue weighted by molar-refractivity contribution is 0.454. The third-order valence-corrected chi connectivity index (χ3v) is 6.05. The fourth-order valence-electron chi connectivity index (χ4n) is 1.30. The second kappa shape index (κ2) is 6.13. The zero-order valence-corrected chi connectivity index (χ0v) is 15.1. The number of hydrogen-bond acceptors (Lipinski definition) is 2. The van der Waals surface area contributed by atoms with Gasteiger partial charge in [-0.2, -0.15) is 0 Å². The SMILES string of the molecule is C[Si](C)(C)O/C(=C/Sc1ccccc1)[Si](C)(C)C. The van der Waals surface area contributed by atoms with Crippen molar-refractivity contribution in [3.63, 3.8) is 0 Å². The lowest BCUT2D eigenvalue weighted by Crippen LogP contribution is -2.34. The summed E-state index contributed by atoms with van der Waals surface area (Å²) in [7, 11) is -2.91. The first kappa shape index (κ1) is 15.6. The molecule has 0 aliphatic heterocycles. The van der Waals surface area contributed by atoms with Gasteiger partial charge in [-0.05, 0) is 31.8 Å². The first-order valence-corrected chi connectivity index (χ1v) is 14.1. The summed E-state index contributed by atoms with van der Waals surface area (Å²) < 4.78 is 6.26. The van der Waals surface area contributed by atoms with E-state index in [9.17, 15) is 0 Å². The van der Waals surface area contributed by atoms with Gasteiger partial charge in [0.15, 0.2) is 0 Å². The Morgan fingerprint density at radius 1 is 1.00 bits per heavy atom. The molecule has 0 spiro atoms. The standard InChI is InChI=1S/C14H24OSSi2/c1-17(2,3)14(15-18(4,5)6)12-16-13-10-8-7-9-11-13/h7-12H,1-6H3/b14-12-. The predicted octanol–water partition coefficient (Wildman–Crippen LogP) is 5.35. The molecule has 0 atom stereocenters. The van der Waals surface area contributed by atoms with Crippen molar-refractivity contribution in [3.8, 4) is 0 Å². The highest BCUT2D eigenvalue weighted by Crippen LogP contribution is 2.27. The fraction of sp³-hybridized carbons (Fsp3) is 0.429. The Morgan fingerprint density at radius 3 is 2.00 bits per heavy atom. The van der Waals surface area contributed by atoms with Crippen LogP contribution in [0.5, 0.6) is 0 Å². The molecule has 0 aliphatic carbocycles. The van der Waals surface area contributed by atoms with Crippen molar-refractivity contribution in [2.24, 2.45) is 0 Å². The third kappa shape index (κ3) is 5.93. The fourth-order valence-corrected chi connectivity index (χ4v) is 6.45. The summed E-state index contributed by atoms with van der Waals surface area (Å²) >= 11 is 1.77. The lowest BCUT2D eigenvalue weighted by Gasteiger charge is -2.29. The van der Waals surface area contributed by atoms with Crippen LogP contribution in [0.25, 0.3) is 0 Å². The highest BCUT2D eigenvalue weighted by atomic mass is 32.2. The maximum absolute atomic E-state index is 6.26. The summed E-state index contributed by atoms with van der Waals surface area (Å²) in [5.74, 6) is 0. The molecule has 0 bridgehead atoms. The van der Waals surface area contributed by atoms with E-state index in [1.165, 1.54) is 10.3 Å². The monoisotopic (exact) mass is 296 g/mol. The zero-order valence-electron chi connectivity index (χ0n) is 12.3. The van der Waals surface area contributed by atoms with Crippen LogP contribution in [0.15, 0.2) is 46.0 Å². The van der Waals surface area contributed by atoms with Crippen LogP contribution in [0.3, 0.4) is 0 Å². The molecule has 0 saturated heterocycles. The van der Waals surface area contributed by atoms with Crippen molar-refractivity contribution in [2.75, 3.05) is 0 Å². The van der Waals surface area contributed by atoms with Gasteiger partial charge in [-0.1, -0.05) is 49.6 Å². The average molecular weight is 297 g/mol. The Labute approximate surface area is 118 Å². The second-order valence-electron chi connectivity index (χ2n) is 6.38. The molecule has 0 fully saturated rings. The summed E-state index contributed by atoms with van der Waals surface area (Å²) in [6.07, 6.45) is 0. The van der Waals surface area contributed by atoms with Crippen LogP contribution < -0.4 is 0 Å². The Balaban J connectivity index is 2.84. The van der Waals surface area contributed by atoms with Crippen molar-refractivity contribution in [2.45, 2.75) is 44.2 Å². The first-order chi connectivity index (χ1) is 8.18. The quantitative estimate of drug-likeness (QED) is 0.411. The van der Waals surface area contributed by atoms with Crippen molar-refractivity contribution >= 4 is 28.2 Å². The molecule has 0 radical (unpaired) electrons. The van der Waals surface area contributed by atoms with Crippen LogP contribution in [0.2, 0.25) is 39.3 Å². The molecule has 0 N–H and O–H groups in total. The topological polar surface area (TPSA) is 9.23 Å². The van der Waals surface area contributed by atoms with Gasteiger partial charge in [-0.25, -0.2) is 0 Å². The van der Waals surface area contributed by atoms with Crippen molar-refractivity contribution in [1.82, 2.24) is 0 Å². The van der Waals surface area contributed by atoms with Crippen LogP contribution in [-0.2, 0) is 4.43 Å². The maximum Gasteiger partial charge on any atom is 0.241 e. The van der Waals surface area contributed by atoms with Gasteiger partial charge in [-0.15, -0.1) is 0 Å². The van der Waals surface area contributed by atoms with E-state index in [1.807, 2.05) is 6.07 Å². The molecule has 1 rings (SSSR count). The molecule has 0 heterocycles. The average Bonchev–Trinajstić information content (AvgIpc) is 2.22. The summed E-state index contributed by atoms with van der Waals surface area (Å²) in [5.41, 5.74) is 0. The smallest absolute Gasteiger partial charge is 0.241 e.